The van der Waals surface area contributed by atoms with E-state index in [1.807, 2.05) is 0 Å². The highest BCUT2D eigenvalue weighted by molar-refractivity contribution is 5.92. The summed E-state index contributed by atoms with van der Waals surface area (Å²) in [6, 6.07) is 6.35. The Morgan fingerprint density at radius 3 is 2.48 bits per heavy atom. The van der Waals surface area contributed by atoms with Crippen molar-refractivity contribution < 1.29 is 23.1 Å². The van der Waals surface area contributed by atoms with Crippen molar-refractivity contribution in [3.63, 3.8) is 0 Å². The van der Waals surface area contributed by atoms with E-state index < -0.39 is 17.3 Å². The molecule has 0 aliphatic carbocycles. The van der Waals surface area contributed by atoms with Crippen molar-refractivity contribution in [2.45, 2.75) is 24.6 Å². The van der Waals surface area contributed by atoms with E-state index in [0.29, 0.717) is 5.69 Å². The fourth-order valence-corrected chi connectivity index (χ4v) is 3.04. The fraction of sp³-hybridized carbons (Fsp3) is 0.412. The van der Waals surface area contributed by atoms with Crippen LogP contribution in [0.25, 0.3) is 0 Å². The topological polar surface area (TPSA) is 58.4 Å². The quantitative estimate of drug-likeness (QED) is 0.903. The second kappa shape index (κ2) is 6.18. The zero-order valence-corrected chi connectivity index (χ0v) is 13.6. The summed E-state index contributed by atoms with van der Waals surface area (Å²) in [5.41, 5.74) is -1.62. The van der Waals surface area contributed by atoms with Gasteiger partial charge in [-0.1, -0.05) is 12.1 Å². The molecule has 2 heterocycles. The number of aryl methyl sites for hydroxylation is 1. The number of aliphatic hydroxyl groups is 1. The minimum absolute atomic E-state index is 0.173. The maximum atomic E-state index is 12.9. The highest BCUT2D eigenvalue weighted by atomic mass is 19.4. The molecule has 0 bridgehead atoms. The van der Waals surface area contributed by atoms with Gasteiger partial charge in [-0.3, -0.25) is 9.48 Å². The molecule has 0 spiro atoms. The average Bonchev–Trinajstić information content (AvgIpc) is 3.01. The fourth-order valence-electron chi connectivity index (χ4n) is 3.04. The Kier molecular flexibility index (Phi) is 4.32. The molecule has 1 fully saturated rings. The summed E-state index contributed by atoms with van der Waals surface area (Å²) in [5, 5.41) is 14.8. The lowest BCUT2D eigenvalue weighted by molar-refractivity contribution is -0.137. The van der Waals surface area contributed by atoms with Gasteiger partial charge in [0.15, 0.2) is 0 Å². The number of piperidine rings is 1. The molecule has 134 valence electrons. The molecule has 0 atom stereocenters. The first-order valence-corrected chi connectivity index (χ1v) is 7.88. The molecule has 1 amide bonds. The predicted octanol–water partition coefficient (Wildman–Crippen LogP) is 2.56. The Labute approximate surface area is 142 Å². The second-order valence-electron chi connectivity index (χ2n) is 6.28. The number of alkyl halides is 3. The predicted molar refractivity (Wildman–Crippen MR) is 83.7 cm³/mol. The van der Waals surface area contributed by atoms with E-state index in [0.717, 1.165) is 12.1 Å². The van der Waals surface area contributed by atoms with E-state index in [2.05, 4.69) is 5.10 Å². The van der Waals surface area contributed by atoms with E-state index in [1.165, 1.54) is 16.8 Å². The molecule has 0 saturated carbocycles. The van der Waals surface area contributed by atoms with Crippen LogP contribution in [0.2, 0.25) is 0 Å². The number of hydrogen-bond acceptors (Lipinski definition) is 3. The first-order valence-electron chi connectivity index (χ1n) is 7.88. The van der Waals surface area contributed by atoms with Gasteiger partial charge in [0.25, 0.3) is 5.91 Å². The zero-order valence-electron chi connectivity index (χ0n) is 13.6. The largest absolute Gasteiger partial charge is 0.416 e. The lowest BCUT2D eigenvalue weighted by Gasteiger charge is -2.38. The van der Waals surface area contributed by atoms with Crippen LogP contribution in [-0.2, 0) is 18.8 Å². The monoisotopic (exact) mass is 353 g/mol. The van der Waals surface area contributed by atoms with E-state index in [9.17, 15) is 23.1 Å². The van der Waals surface area contributed by atoms with Gasteiger partial charge in [0.2, 0.25) is 0 Å². The standard InChI is InChI=1S/C17H18F3N3O2/c1-22-8-5-14(21-22)15(24)23-9-6-16(25,7-10-23)12-3-2-4-13(11-12)17(18,19)20/h2-5,8,11,25H,6-7,9-10H2,1H3. The van der Waals surface area contributed by atoms with Crippen LogP contribution < -0.4 is 0 Å². The van der Waals surface area contributed by atoms with Crippen molar-refractivity contribution in [3.05, 3.63) is 53.3 Å². The number of likely N-dealkylation sites (tertiary alicyclic amines) is 1. The van der Waals surface area contributed by atoms with Crippen molar-refractivity contribution in [1.29, 1.82) is 0 Å². The molecule has 1 N–H and O–H groups in total. The molecule has 1 aromatic heterocycles. The van der Waals surface area contributed by atoms with Crippen LogP contribution in [0.1, 0.15) is 34.5 Å². The number of nitrogens with zero attached hydrogens (tertiary/aromatic N) is 3. The Morgan fingerprint density at radius 2 is 1.92 bits per heavy atom. The molecule has 1 aliphatic heterocycles. The Morgan fingerprint density at radius 1 is 1.24 bits per heavy atom. The molecule has 3 rings (SSSR count). The van der Waals surface area contributed by atoms with Gasteiger partial charge in [-0.2, -0.15) is 18.3 Å². The highest BCUT2D eigenvalue weighted by Crippen LogP contribution is 2.36. The van der Waals surface area contributed by atoms with Crippen molar-refractivity contribution in [2.24, 2.45) is 7.05 Å². The van der Waals surface area contributed by atoms with E-state index in [4.69, 9.17) is 0 Å². The van der Waals surface area contributed by atoms with Gasteiger partial charge in [0, 0.05) is 26.3 Å². The third-order valence-electron chi connectivity index (χ3n) is 4.54. The number of carbonyl (C=O) groups is 1. The third-order valence-corrected chi connectivity index (χ3v) is 4.54. The Balaban J connectivity index is 1.73. The number of aromatic nitrogens is 2. The van der Waals surface area contributed by atoms with Gasteiger partial charge in [-0.25, -0.2) is 0 Å². The van der Waals surface area contributed by atoms with Crippen LogP contribution in [0.3, 0.4) is 0 Å². The lowest BCUT2D eigenvalue weighted by atomic mass is 9.83. The number of amides is 1. The molecule has 8 heteroatoms. The normalized spacial score (nSPS) is 17.6. The first kappa shape index (κ1) is 17.5. The van der Waals surface area contributed by atoms with Crippen LogP contribution in [-0.4, -0.2) is 38.8 Å². The molecule has 2 aromatic rings. The van der Waals surface area contributed by atoms with Crippen LogP contribution in [0.15, 0.2) is 36.5 Å². The minimum Gasteiger partial charge on any atom is -0.385 e. The van der Waals surface area contributed by atoms with Crippen LogP contribution in [0, 0.1) is 0 Å². The van der Waals surface area contributed by atoms with Gasteiger partial charge < -0.3 is 10.0 Å². The second-order valence-corrected chi connectivity index (χ2v) is 6.28. The van der Waals surface area contributed by atoms with Gasteiger partial charge in [-0.05, 0) is 36.6 Å². The van der Waals surface area contributed by atoms with Gasteiger partial charge in [0.1, 0.15) is 5.69 Å². The molecule has 5 nitrogen and oxygen atoms in total. The summed E-state index contributed by atoms with van der Waals surface area (Å²) in [6.45, 7) is 0.504. The van der Waals surface area contributed by atoms with E-state index >= 15 is 0 Å². The van der Waals surface area contributed by atoms with Gasteiger partial charge in [-0.15, -0.1) is 0 Å². The molecular formula is C17H18F3N3O2. The first-order chi connectivity index (χ1) is 11.7. The molecule has 25 heavy (non-hydrogen) atoms. The van der Waals surface area contributed by atoms with Gasteiger partial charge >= 0.3 is 6.18 Å². The molecule has 1 aliphatic rings. The molecule has 0 radical (unpaired) electrons. The zero-order chi connectivity index (χ0) is 18.2. The van der Waals surface area contributed by atoms with Crippen LogP contribution >= 0.6 is 0 Å². The Bertz CT molecular complexity index is 777. The number of rotatable bonds is 2. The summed E-state index contributed by atoms with van der Waals surface area (Å²) < 4.78 is 40.1. The van der Waals surface area contributed by atoms with Gasteiger partial charge in [0.05, 0.1) is 11.2 Å². The van der Waals surface area contributed by atoms with E-state index in [1.54, 1.807) is 24.2 Å². The Hall–Kier alpha value is -2.35. The summed E-state index contributed by atoms with van der Waals surface area (Å²) >= 11 is 0. The molecule has 1 aromatic carbocycles. The number of carbonyl (C=O) groups excluding carboxylic acids is 1. The maximum Gasteiger partial charge on any atom is 0.416 e. The SMILES string of the molecule is Cn1ccc(C(=O)N2CCC(O)(c3cccc(C(F)(F)F)c3)CC2)n1. The number of benzene rings is 1. The van der Waals surface area contributed by atoms with Crippen LogP contribution in [0.5, 0.6) is 0 Å². The maximum absolute atomic E-state index is 12.9. The summed E-state index contributed by atoms with van der Waals surface area (Å²) in [6.07, 6.45) is -2.45. The lowest BCUT2D eigenvalue weighted by Crippen LogP contribution is -2.45. The molecule has 1 saturated heterocycles. The number of halogens is 3. The summed E-state index contributed by atoms with van der Waals surface area (Å²) in [4.78, 5) is 13.9. The van der Waals surface area contributed by atoms with Crippen molar-refractivity contribution in [1.82, 2.24) is 14.7 Å². The molecule has 0 unspecified atom stereocenters. The third kappa shape index (κ3) is 3.53. The van der Waals surface area contributed by atoms with Crippen molar-refractivity contribution in [3.8, 4) is 0 Å². The molecular weight excluding hydrogens is 335 g/mol. The highest BCUT2D eigenvalue weighted by Gasteiger charge is 2.38. The van der Waals surface area contributed by atoms with E-state index in [-0.39, 0.29) is 37.4 Å². The summed E-state index contributed by atoms with van der Waals surface area (Å²) in [7, 11) is 1.71. The minimum atomic E-state index is -4.46. The van der Waals surface area contributed by atoms with Crippen LogP contribution in [0.4, 0.5) is 13.2 Å². The van der Waals surface area contributed by atoms with Crippen molar-refractivity contribution in [2.75, 3.05) is 13.1 Å². The summed E-state index contributed by atoms with van der Waals surface area (Å²) in [5.74, 6) is -0.244. The average molecular weight is 353 g/mol. The van der Waals surface area contributed by atoms with Crippen molar-refractivity contribution >= 4 is 5.91 Å². The number of hydrogen-bond donors (Lipinski definition) is 1. The smallest absolute Gasteiger partial charge is 0.385 e.